The molecule has 0 aliphatic heterocycles. The normalized spacial score (nSPS) is 15.6. The number of carbonyl (C=O) groups is 1. The highest BCUT2D eigenvalue weighted by Gasteiger charge is 2.23. The van der Waals surface area contributed by atoms with Gasteiger partial charge in [-0.1, -0.05) is 15.9 Å². The predicted molar refractivity (Wildman–Crippen MR) is 87.5 cm³/mol. The Labute approximate surface area is 134 Å². The van der Waals surface area contributed by atoms with Crippen LogP contribution in [-0.2, 0) is 11.2 Å². The van der Waals surface area contributed by atoms with Crippen molar-refractivity contribution in [2.45, 2.75) is 51.6 Å². The van der Waals surface area contributed by atoms with Gasteiger partial charge in [-0.3, -0.25) is 4.79 Å². The molecule has 1 atom stereocenters. The van der Waals surface area contributed by atoms with Crippen molar-refractivity contribution in [3.05, 3.63) is 27.7 Å². The predicted octanol–water partition coefficient (Wildman–Crippen LogP) is 2.69. The lowest BCUT2D eigenvalue weighted by atomic mass is 10.0. The van der Waals surface area contributed by atoms with Gasteiger partial charge in [0, 0.05) is 16.6 Å². The average molecular weight is 355 g/mol. The first kappa shape index (κ1) is 16.3. The van der Waals surface area contributed by atoms with Crippen LogP contribution < -0.4 is 15.8 Å². The average Bonchev–Trinajstić information content (AvgIpc) is 3.15. The molecule has 1 fully saturated rings. The number of hydrogen-bond acceptors (Lipinski definition) is 3. The summed E-state index contributed by atoms with van der Waals surface area (Å²) in [5.74, 6) is 0.927. The van der Waals surface area contributed by atoms with Gasteiger partial charge < -0.3 is 15.8 Å². The van der Waals surface area contributed by atoms with Crippen LogP contribution in [0.3, 0.4) is 0 Å². The second-order valence-electron chi connectivity index (χ2n) is 5.83. The molecule has 1 aromatic carbocycles. The molecule has 1 aliphatic rings. The Bertz CT molecular complexity index is 513. The minimum Gasteiger partial charge on any atom is -0.492 e. The van der Waals surface area contributed by atoms with Crippen molar-refractivity contribution < 1.29 is 9.53 Å². The van der Waals surface area contributed by atoms with E-state index in [1.165, 1.54) is 0 Å². The second kappa shape index (κ2) is 7.27. The fourth-order valence-corrected chi connectivity index (χ4v) is 2.90. The van der Waals surface area contributed by atoms with Crippen LogP contribution in [0.2, 0.25) is 0 Å². The number of amides is 1. The van der Waals surface area contributed by atoms with Gasteiger partial charge in [0.15, 0.2) is 0 Å². The molecule has 21 heavy (non-hydrogen) atoms. The van der Waals surface area contributed by atoms with Gasteiger partial charge in [-0.2, -0.15) is 0 Å². The van der Waals surface area contributed by atoms with Crippen molar-refractivity contribution >= 4 is 21.8 Å². The van der Waals surface area contributed by atoms with Crippen LogP contribution in [0.15, 0.2) is 16.6 Å². The highest BCUT2D eigenvalue weighted by molar-refractivity contribution is 9.10. The van der Waals surface area contributed by atoms with Gasteiger partial charge in [0.1, 0.15) is 5.75 Å². The third-order valence-electron chi connectivity index (χ3n) is 3.38. The molecule has 116 valence electrons. The Morgan fingerprint density at radius 1 is 1.52 bits per heavy atom. The van der Waals surface area contributed by atoms with Gasteiger partial charge >= 0.3 is 0 Å². The van der Waals surface area contributed by atoms with Crippen molar-refractivity contribution in [3.8, 4) is 5.75 Å². The van der Waals surface area contributed by atoms with E-state index < -0.39 is 0 Å². The number of nitrogens with two attached hydrogens (primary N) is 1. The van der Waals surface area contributed by atoms with Crippen LogP contribution >= 0.6 is 15.9 Å². The van der Waals surface area contributed by atoms with E-state index in [4.69, 9.17) is 10.5 Å². The smallest absolute Gasteiger partial charge is 0.223 e. The highest BCUT2D eigenvalue weighted by Crippen LogP contribution is 2.29. The Morgan fingerprint density at radius 3 is 2.86 bits per heavy atom. The van der Waals surface area contributed by atoms with E-state index >= 15 is 0 Å². The Kier molecular flexibility index (Phi) is 5.65. The zero-order valence-electron chi connectivity index (χ0n) is 12.6. The molecule has 4 nitrogen and oxygen atoms in total. The minimum atomic E-state index is 0.0687. The molecule has 1 amide bonds. The number of nitrogens with one attached hydrogen (secondary N) is 1. The molecule has 0 heterocycles. The number of aryl methyl sites for hydroxylation is 1. The quantitative estimate of drug-likeness (QED) is 0.791. The van der Waals surface area contributed by atoms with Gasteiger partial charge in [0.25, 0.3) is 0 Å². The summed E-state index contributed by atoms with van der Waals surface area (Å²) in [7, 11) is 0. The molecule has 2 rings (SSSR count). The molecular weight excluding hydrogens is 332 g/mol. The molecule has 1 unspecified atom stereocenters. The van der Waals surface area contributed by atoms with Crippen LogP contribution in [0.1, 0.15) is 37.3 Å². The molecule has 0 bridgehead atoms. The Balaban J connectivity index is 1.95. The molecule has 3 N–H and O–H groups in total. The van der Waals surface area contributed by atoms with Crippen molar-refractivity contribution in [1.82, 2.24) is 5.32 Å². The fraction of sp³-hybridized carbons (Fsp3) is 0.562. The van der Waals surface area contributed by atoms with Gasteiger partial charge in [-0.15, -0.1) is 0 Å². The van der Waals surface area contributed by atoms with Crippen LogP contribution in [-0.4, -0.2) is 24.6 Å². The zero-order chi connectivity index (χ0) is 15.4. The number of ether oxygens (including phenoxy) is 1. The maximum Gasteiger partial charge on any atom is 0.223 e. The molecule has 0 saturated heterocycles. The first-order valence-electron chi connectivity index (χ1n) is 7.42. The highest BCUT2D eigenvalue weighted by atomic mass is 79.9. The van der Waals surface area contributed by atoms with Crippen molar-refractivity contribution in [2.75, 3.05) is 6.61 Å². The molecule has 0 aromatic heterocycles. The maximum atomic E-state index is 11.7. The van der Waals surface area contributed by atoms with Crippen molar-refractivity contribution in [3.63, 3.8) is 0 Å². The molecule has 1 aliphatic carbocycles. The van der Waals surface area contributed by atoms with Crippen LogP contribution in [0, 0.1) is 6.92 Å². The Hall–Kier alpha value is -1.07. The minimum absolute atomic E-state index is 0.0687. The SMILES string of the molecule is Cc1cc(Br)cc(CC(C)N)c1OCCC(=O)NC1CC1. The Morgan fingerprint density at radius 2 is 2.24 bits per heavy atom. The van der Waals surface area contributed by atoms with Crippen LogP contribution in [0.5, 0.6) is 5.75 Å². The molecule has 1 aromatic rings. The standard InChI is InChI=1S/C16H23BrN2O2/c1-10-7-13(17)9-12(8-11(2)18)16(10)21-6-5-15(20)19-14-3-4-14/h7,9,11,14H,3-6,8,18H2,1-2H3,(H,19,20). The first-order chi connectivity index (χ1) is 9.95. The molecule has 5 heteroatoms. The number of rotatable bonds is 7. The summed E-state index contributed by atoms with van der Waals surface area (Å²) in [6, 6.07) is 4.53. The number of carbonyl (C=O) groups excluding carboxylic acids is 1. The monoisotopic (exact) mass is 354 g/mol. The van der Waals surface area contributed by atoms with Gasteiger partial charge in [-0.25, -0.2) is 0 Å². The summed E-state index contributed by atoms with van der Waals surface area (Å²) < 4.78 is 6.88. The summed E-state index contributed by atoms with van der Waals surface area (Å²) in [5, 5.41) is 2.96. The summed E-state index contributed by atoms with van der Waals surface area (Å²) in [5.41, 5.74) is 8.04. The summed E-state index contributed by atoms with van der Waals surface area (Å²) in [4.78, 5) is 11.7. The number of benzene rings is 1. The van der Waals surface area contributed by atoms with E-state index in [0.717, 1.165) is 40.6 Å². The van der Waals surface area contributed by atoms with E-state index in [1.807, 2.05) is 26.0 Å². The molecule has 1 saturated carbocycles. The maximum absolute atomic E-state index is 11.7. The van der Waals surface area contributed by atoms with Crippen LogP contribution in [0.25, 0.3) is 0 Å². The van der Waals surface area contributed by atoms with E-state index in [9.17, 15) is 4.79 Å². The van der Waals surface area contributed by atoms with E-state index in [0.29, 0.717) is 19.1 Å². The number of halogens is 1. The lowest BCUT2D eigenvalue weighted by Crippen LogP contribution is -2.27. The topological polar surface area (TPSA) is 64.3 Å². The van der Waals surface area contributed by atoms with Gasteiger partial charge in [0.2, 0.25) is 5.91 Å². The summed E-state index contributed by atoms with van der Waals surface area (Å²) in [6.07, 6.45) is 3.36. The van der Waals surface area contributed by atoms with E-state index in [-0.39, 0.29) is 11.9 Å². The van der Waals surface area contributed by atoms with Crippen LogP contribution in [0.4, 0.5) is 0 Å². The summed E-state index contributed by atoms with van der Waals surface area (Å²) in [6.45, 7) is 4.38. The lowest BCUT2D eigenvalue weighted by molar-refractivity contribution is -0.121. The third-order valence-corrected chi connectivity index (χ3v) is 3.83. The van der Waals surface area contributed by atoms with Crippen molar-refractivity contribution in [1.29, 1.82) is 0 Å². The fourth-order valence-electron chi connectivity index (χ4n) is 2.28. The van der Waals surface area contributed by atoms with Gasteiger partial charge in [-0.05, 0) is 56.4 Å². The molecule has 0 radical (unpaired) electrons. The zero-order valence-corrected chi connectivity index (χ0v) is 14.2. The molecule has 0 spiro atoms. The van der Waals surface area contributed by atoms with E-state index in [1.54, 1.807) is 0 Å². The molecular formula is C16H23BrN2O2. The van der Waals surface area contributed by atoms with E-state index in [2.05, 4.69) is 21.2 Å². The van der Waals surface area contributed by atoms with Gasteiger partial charge in [0.05, 0.1) is 13.0 Å². The van der Waals surface area contributed by atoms with Crippen molar-refractivity contribution in [2.24, 2.45) is 5.73 Å². The second-order valence-corrected chi connectivity index (χ2v) is 6.75. The first-order valence-corrected chi connectivity index (χ1v) is 8.21. The lowest BCUT2D eigenvalue weighted by Gasteiger charge is -2.16. The number of hydrogen-bond donors (Lipinski definition) is 2. The largest absolute Gasteiger partial charge is 0.492 e. The third kappa shape index (κ3) is 5.32. The summed E-state index contributed by atoms with van der Waals surface area (Å²) >= 11 is 3.50.